The number of nitrogens with zero attached hydrogens (tertiary/aromatic N) is 1. The first-order chi connectivity index (χ1) is 12.7. The molecule has 0 aliphatic carbocycles. The van der Waals surface area contributed by atoms with Gasteiger partial charge in [-0.1, -0.05) is 15.9 Å². The number of hydrogen-bond donors (Lipinski definition) is 1. The molecule has 0 spiro atoms. The highest BCUT2D eigenvalue weighted by molar-refractivity contribution is 9.10. The summed E-state index contributed by atoms with van der Waals surface area (Å²) in [7, 11) is -2.16. The van der Waals surface area contributed by atoms with E-state index in [9.17, 15) is 18.0 Å². The van der Waals surface area contributed by atoms with Gasteiger partial charge in [-0.2, -0.15) is 0 Å². The fourth-order valence-corrected chi connectivity index (χ4v) is 4.10. The Bertz CT molecular complexity index is 1190. The number of amides is 1. The van der Waals surface area contributed by atoms with Gasteiger partial charge >= 0.3 is 5.76 Å². The average Bonchev–Trinajstić information content (AvgIpc) is 2.90. The molecule has 0 fully saturated rings. The van der Waals surface area contributed by atoms with Gasteiger partial charge in [-0.05, 0) is 42.8 Å². The van der Waals surface area contributed by atoms with E-state index in [1.54, 1.807) is 12.1 Å². The van der Waals surface area contributed by atoms with Crippen LogP contribution in [-0.4, -0.2) is 24.6 Å². The molecule has 27 heavy (non-hydrogen) atoms. The lowest BCUT2D eigenvalue weighted by molar-refractivity contribution is -0.115. The number of anilines is 1. The highest BCUT2D eigenvalue weighted by Gasteiger charge is 2.19. The Morgan fingerprint density at radius 2 is 1.96 bits per heavy atom. The molecule has 0 saturated heterocycles. The maximum atomic E-state index is 12.5. The van der Waals surface area contributed by atoms with Crippen LogP contribution in [-0.2, 0) is 21.7 Å². The van der Waals surface area contributed by atoms with Crippen molar-refractivity contribution in [3.8, 4) is 0 Å². The van der Waals surface area contributed by atoms with Crippen molar-refractivity contribution in [3.63, 3.8) is 0 Å². The number of halogens is 1. The third kappa shape index (κ3) is 4.14. The van der Waals surface area contributed by atoms with Gasteiger partial charge in [-0.15, -0.1) is 0 Å². The van der Waals surface area contributed by atoms with Gasteiger partial charge in [0.2, 0.25) is 5.91 Å². The van der Waals surface area contributed by atoms with E-state index in [0.29, 0.717) is 11.2 Å². The van der Waals surface area contributed by atoms with Crippen molar-refractivity contribution in [2.24, 2.45) is 7.05 Å². The van der Waals surface area contributed by atoms with Crippen LogP contribution in [0.2, 0.25) is 0 Å². The minimum Gasteiger partial charge on any atom is -0.408 e. The maximum absolute atomic E-state index is 12.5. The predicted molar refractivity (Wildman–Crippen MR) is 106 cm³/mol. The molecule has 0 bridgehead atoms. The number of hydrogen-bond acceptors (Lipinski definition) is 5. The highest BCUT2D eigenvalue weighted by atomic mass is 79.9. The lowest BCUT2D eigenvalue weighted by atomic mass is 10.2. The Morgan fingerprint density at radius 1 is 1.22 bits per heavy atom. The number of oxazole rings is 1. The van der Waals surface area contributed by atoms with E-state index >= 15 is 0 Å². The molecule has 1 N–H and O–H groups in total. The van der Waals surface area contributed by atoms with Gasteiger partial charge in [0.25, 0.3) is 0 Å². The number of benzene rings is 2. The molecular weight excluding hydrogens is 436 g/mol. The third-order valence-corrected chi connectivity index (χ3v) is 6.77. The van der Waals surface area contributed by atoms with Crippen LogP contribution in [0.25, 0.3) is 11.1 Å². The van der Waals surface area contributed by atoms with E-state index in [-0.39, 0.29) is 22.7 Å². The number of fused-ring (bicyclic) bond motifs is 1. The standard InChI is InChI=1S/C18H17BrN2O5S/c1-11-9-12(3-5-14(11)19)20-17(22)7-8-27(24,25)13-4-6-15-16(10-13)26-18(23)21(15)2/h3-6,9-10H,7-8H2,1-2H3,(H,20,22). The zero-order chi connectivity index (χ0) is 19.8. The minimum absolute atomic E-state index is 0.0108. The molecule has 0 aliphatic rings. The van der Waals surface area contributed by atoms with Crippen LogP contribution in [0.1, 0.15) is 12.0 Å². The number of rotatable bonds is 5. The van der Waals surface area contributed by atoms with Crippen molar-refractivity contribution in [1.29, 1.82) is 0 Å². The molecule has 3 rings (SSSR count). The van der Waals surface area contributed by atoms with Gasteiger partial charge in [-0.25, -0.2) is 13.2 Å². The summed E-state index contributed by atoms with van der Waals surface area (Å²) in [4.78, 5) is 23.6. The second-order valence-electron chi connectivity index (χ2n) is 6.14. The maximum Gasteiger partial charge on any atom is 0.419 e. The largest absolute Gasteiger partial charge is 0.419 e. The molecule has 1 heterocycles. The van der Waals surface area contributed by atoms with Crippen LogP contribution in [0.5, 0.6) is 0 Å². The summed E-state index contributed by atoms with van der Waals surface area (Å²) >= 11 is 3.38. The van der Waals surface area contributed by atoms with Crippen LogP contribution in [0.15, 0.2) is 55.0 Å². The van der Waals surface area contributed by atoms with E-state index in [4.69, 9.17) is 4.42 Å². The zero-order valence-corrected chi connectivity index (χ0v) is 17.1. The van der Waals surface area contributed by atoms with Gasteiger partial charge in [0.05, 0.1) is 16.2 Å². The van der Waals surface area contributed by atoms with Crippen molar-refractivity contribution in [1.82, 2.24) is 4.57 Å². The molecule has 9 heteroatoms. The molecule has 3 aromatic rings. The van der Waals surface area contributed by atoms with Crippen LogP contribution in [0.4, 0.5) is 5.69 Å². The first kappa shape index (κ1) is 19.4. The quantitative estimate of drug-likeness (QED) is 0.641. The fourth-order valence-electron chi connectivity index (χ4n) is 2.60. The number of aromatic nitrogens is 1. The summed E-state index contributed by atoms with van der Waals surface area (Å²) in [6.07, 6.45) is -0.186. The Kier molecular flexibility index (Phi) is 5.25. The number of nitrogens with one attached hydrogen (secondary N) is 1. The summed E-state index contributed by atoms with van der Waals surface area (Å²) in [5.74, 6) is -1.31. The molecule has 1 amide bonds. The van der Waals surface area contributed by atoms with Crippen molar-refractivity contribution in [3.05, 3.63) is 57.0 Å². The van der Waals surface area contributed by atoms with Gasteiger partial charge in [0.15, 0.2) is 15.4 Å². The molecule has 7 nitrogen and oxygen atoms in total. The Labute approximate surface area is 164 Å². The van der Waals surface area contributed by atoms with Crippen molar-refractivity contribution in [2.75, 3.05) is 11.1 Å². The first-order valence-electron chi connectivity index (χ1n) is 8.06. The number of carbonyl (C=O) groups is 1. The topological polar surface area (TPSA) is 98.4 Å². The number of sulfone groups is 1. The van der Waals surface area contributed by atoms with E-state index < -0.39 is 21.5 Å². The SMILES string of the molecule is Cc1cc(NC(=O)CCS(=O)(=O)c2ccc3c(c2)oc(=O)n3C)ccc1Br. The van der Waals surface area contributed by atoms with E-state index in [0.717, 1.165) is 10.0 Å². The Morgan fingerprint density at radius 3 is 2.67 bits per heavy atom. The smallest absolute Gasteiger partial charge is 0.408 e. The third-order valence-electron chi connectivity index (χ3n) is 4.16. The minimum atomic E-state index is -3.70. The summed E-state index contributed by atoms with van der Waals surface area (Å²) < 4.78 is 32.3. The molecule has 0 aliphatic heterocycles. The van der Waals surface area contributed by atoms with Gasteiger partial charge in [-0.3, -0.25) is 9.36 Å². The predicted octanol–water partition coefficient (Wildman–Crippen LogP) is 3.00. The fraction of sp³-hybridized carbons (Fsp3) is 0.222. The molecule has 0 saturated carbocycles. The van der Waals surface area contributed by atoms with Crippen LogP contribution >= 0.6 is 15.9 Å². The number of carbonyl (C=O) groups excluding carboxylic acids is 1. The lowest BCUT2D eigenvalue weighted by Crippen LogP contribution is -2.17. The van der Waals surface area contributed by atoms with Crippen LogP contribution in [0.3, 0.4) is 0 Å². The molecule has 142 valence electrons. The summed E-state index contributed by atoms with van der Waals surface area (Å²) in [6.45, 7) is 1.89. The average molecular weight is 453 g/mol. The molecule has 0 radical (unpaired) electrons. The van der Waals surface area contributed by atoms with E-state index in [1.807, 2.05) is 13.0 Å². The molecule has 2 aromatic carbocycles. The normalized spacial score (nSPS) is 11.7. The molecule has 0 atom stereocenters. The van der Waals surface area contributed by atoms with Gasteiger partial charge in [0, 0.05) is 29.7 Å². The second-order valence-corrected chi connectivity index (χ2v) is 9.10. The van der Waals surface area contributed by atoms with Gasteiger partial charge < -0.3 is 9.73 Å². The summed E-state index contributed by atoms with van der Waals surface area (Å²) in [5.41, 5.74) is 2.25. The highest BCUT2D eigenvalue weighted by Crippen LogP contribution is 2.21. The molecular formula is C18H17BrN2O5S. The first-order valence-corrected chi connectivity index (χ1v) is 10.5. The monoisotopic (exact) mass is 452 g/mol. The lowest BCUT2D eigenvalue weighted by Gasteiger charge is -2.08. The summed E-state index contributed by atoms with van der Waals surface area (Å²) in [5, 5.41) is 2.69. The molecule has 0 unspecified atom stereocenters. The van der Waals surface area contributed by atoms with E-state index in [1.165, 1.54) is 29.8 Å². The summed E-state index contributed by atoms with van der Waals surface area (Å²) in [6, 6.07) is 9.56. The van der Waals surface area contributed by atoms with Crippen molar-refractivity contribution < 1.29 is 17.6 Å². The number of aryl methyl sites for hydroxylation is 2. The van der Waals surface area contributed by atoms with Crippen molar-refractivity contribution in [2.45, 2.75) is 18.2 Å². The van der Waals surface area contributed by atoms with Gasteiger partial charge in [0.1, 0.15) is 0 Å². The van der Waals surface area contributed by atoms with E-state index in [2.05, 4.69) is 21.2 Å². The van der Waals surface area contributed by atoms with Crippen LogP contribution in [0, 0.1) is 6.92 Å². The van der Waals surface area contributed by atoms with Crippen molar-refractivity contribution >= 4 is 48.5 Å². The molecule has 1 aromatic heterocycles. The Balaban J connectivity index is 1.71. The second kappa shape index (κ2) is 7.32. The zero-order valence-electron chi connectivity index (χ0n) is 14.7. The van der Waals surface area contributed by atoms with Crippen LogP contribution < -0.4 is 11.1 Å². The Hall–Kier alpha value is -2.39.